The molecule has 0 aromatic rings. The van der Waals surface area contributed by atoms with Crippen molar-refractivity contribution in [3.8, 4) is 0 Å². The lowest BCUT2D eigenvalue weighted by Gasteiger charge is -2.30. The van der Waals surface area contributed by atoms with Gasteiger partial charge in [-0.05, 0) is 31.1 Å². The van der Waals surface area contributed by atoms with Crippen LogP contribution in [-0.4, -0.2) is 22.2 Å². The van der Waals surface area contributed by atoms with E-state index in [1.807, 2.05) is 0 Å². The lowest BCUT2D eigenvalue weighted by atomic mass is 9.75. The number of carboxylic acids is 2. The topological polar surface area (TPSA) is 74.6 Å². The highest BCUT2D eigenvalue weighted by atomic mass is 16.4. The van der Waals surface area contributed by atoms with Crippen LogP contribution in [0.1, 0.15) is 290 Å². The van der Waals surface area contributed by atoms with E-state index < -0.39 is 11.9 Å². The first-order valence-electron chi connectivity index (χ1n) is 24.9. The van der Waals surface area contributed by atoms with Gasteiger partial charge in [-0.3, -0.25) is 9.59 Å². The average Bonchev–Trinajstić information content (AvgIpc) is 3.15. The monoisotopic (exact) mass is 763 g/mol. The normalized spacial score (nSPS) is 13.3. The molecule has 4 nitrogen and oxygen atoms in total. The van der Waals surface area contributed by atoms with Crippen molar-refractivity contribution in [1.29, 1.82) is 0 Å². The molecule has 0 aliphatic heterocycles. The average molecular weight is 763 g/mol. The fourth-order valence-corrected chi connectivity index (χ4v) is 8.93. The number of carboxylic acid groups (broad SMARTS) is 2. The van der Waals surface area contributed by atoms with Gasteiger partial charge < -0.3 is 10.2 Å². The van der Waals surface area contributed by atoms with Gasteiger partial charge in [0.2, 0.25) is 0 Å². The predicted octanol–water partition coefficient (Wildman–Crippen LogP) is 17.4. The van der Waals surface area contributed by atoms with Gasteiger partial charge in [0.05, 0.1) is 5.92 Å². The molecule has 0 fully saturated rings. The second kappa shape index (κ2) is 43.1. The van der Waals surface area contributed by atoms with E-state index in [0.29, 0.717) is 18.3 Å². The molecule has 0 aliphatic rings. The molecule has 0 radical (unpaired) electrons. The number of rotatable bonds is 46. The van der Waals surface area contributed by atoms with E-state index in [0.717, 1.165) is 32.1 Å². The van der Waals surface area contributed by atoms with E-state index in [4.69, 9.17) is 5.11 Å². The minimum Gasteiger partial charge on any atom is -0.481 e. The summed E-state index contributed by atoms with van der Waals surface area (Å²) in [6.07, 6.45) is 53.1. The number of hydrogen-bond acceptors (Lipinski definition) is 2. The van der Waals surface area contributed by atoms with Gasteiger partial charge in [-0.25, -0.2) is 0 Å². The Morgan fingerprint density at radius 3 is 0.926 bits per heavy atom. The molecule has 4 heteroatoms. The second-order valence-electron chi connectivity index (χ2n) is 17.8. The predicted molar refractivity (Wildman–Crippen MR) is 237 cm³/mol. The summed E-state index contributed by atoms with van der Waals surface area (Å²) in [7, 11) is 0. The van der Waals surface area contributed by atoms with Crippen molar-refractivity contribution in [3.05, 3.63) is 0 Å². The highest BCUT2D eigenvalue weighted by Crippen LogP contribution is 2.35. The first-order chi connectivity index (χ1) is 26.5. The number of carbonyl (C=O) groups is 2. The van der Waals surface area contributed by atoms with E-state index in [2.05, 4.69) is 20.8 Å². The summed E-state index contributed by atoms with van der Waals surface area (Å²) in [5, 5.41) is 19.1. The smallest absolute Gasteiger partial charge is 0.306 e. The molecule has 0 aromatic heterocycles. The molecule has 0 rings (SSSR count). The van der Waals surface area contributed by atoms with E-state index in [1.54, 1.807) is 0 Å². The van der Waals surface area contributed by atoms with Gasteiger partial charge in [-0.1, -0.05) is 265 Å². The summed E-state index contributed by atoms with van der Waals surface area (Å²) in [5.41, 5.74) is 0. The molecule has 0 heterocycles. The standard InChI is InChI=1S/C50H98O4/c1-4-7-10-12-14-16-24-28-32-37-42-47(46(40-35-9-6-3)41-36-31-27-15-13-11-8-5-2)45-48(50(53)54)43-38-33-29-25-22-20-18-17-19-21-23-26-30-34-39-44-49(51)52/h46-48H,4-45H2,1-3H3,(H,51,52)(H,53,54). The Morgan fingerprint density at radius 2 is 0.593 bits per heavy atom. The minimum atomic E-state index is -0.666. The summed E-state index contributed by atoms with van der Waals surface area (Å²) >= 11 is 0. The highest BCUT2D eigenvalue weighted by molar-refractivity contribution is 5.69. The third-order valence-electron chi connectivity index (χ3n) is 12.6. The van der Waals surface area contributed by atoms with Gasteiger partial charge in [0.15, 0.2) is 0 Å². The molecule has 0 saturated heterocycles. The first-order valence-corrected chi connectivity index (χ1v) is 24.9. The van der Waals surface area contributed by atoms with E-state index >= 15 is 0 Å². The first kappa shape index (κ1) is 52.9. The fraction of sp³-hybridized carbons (Fsp3) is 0.960. The Bertz CT molecular complexity index is 766. The van der Waals surface area contributed by atoms with Crippen LogP contribution in [0.25, 0.3) is 0 Å². The zero-order valence-electron chi connectivity index (χ0n) is 37.1. The van der Waals surface area contributed by atoms with Crippen LogP contribution in [0.5, 0.6) is 0 Å². The maximum absolute atomic E-state index is 12.7. The van der Waals surface area contributed by atoms with Crippen molar-refractivity contribution in [2.24, 2.45) is 17.8 Å². The van der Waals surface area contributed by atoms with E-state index in [9.17, 15) is 14.7 Å². The number of aliphatic carboxylic acids is 2. The van der Waals surface area contributed by atoms with Gasteiger partial charge in [-0.2, -0.15) is 0 Å². The summed E-state index contributed by atoms with van der Waals surface area (Å²) in [5.74, 6) is -0.0468. The Kier molecular flexibility index (Phi) is 42.2. The van der Waals surface area contributed by atoms with Crippen LogP contribution in [0, 0.1) is 17.8 Å². The molecule has 0 aromatic carbocycles. The van der Waals surface area contributed by atoms with E-state index in [1.165, 1.54) is 231 Å². The highest BCUT2D eigenvalue weighted by Gasteiger charge is 2.27. The van der Waals surface area contributed by atoms with Crippen LogP contribution in [0.3, 0.4) is 0 Å². The lowest BCUT2D eigenvalue weighted by molar-refractivity contribution is -0.143. The van der Waals surface area contributed by atoms with Gasteiger partial charge in [0, 0.05) is 6.42 Å². The van der Waals surface area contributed by atoms with Gasteiger partial charge in [0.1, 0.15) is 0 Å². The SMILES string of the molecule is CCCCCCCCCCCCC(CC(CCCCCCCCCCCCCCCCCC(=O)O)C(=O)O)C(CCCCC)CCCCCCCCCC. The van der Waals surface area contributed by atoms with Crippen molar-refractivity contribution in [3.63, 3.8) is 0 Å². The summed E-state index contributed by atoms with van der Waals surface area (Å²) in [6.45, 7) is 6.91. The molecular formula is C50H98O4. The van der Waals surface area contributed by atoms with Gasteiger partial charge in [0.25, 0.3) is 0 Å². The Hall–Kier alpha value is -1.06. The summed E-state index contributed by atoms with van der Waals surface area (Å²) < 4.78 is 0. The van der Waals surface area contributed by atoms with Crippen molar-refractivity contribution < 1.29 is 19.8 Å². The Balaban J connectivity index is 4.69. The molecule has 322 valence electrons. The fourth-order valence-electron chi connectivity index (χ4n) is 8.93. The van der Waals surface area contributed by atoms with Crippen molar-refractivity contribution in [2.75, 3.05) is 0 Å². The number of hydrogen-bond donors (Lipinski definition) is 2. The van der Waals surface area contributed by atoms with Crippen molar-refractivity contribution in [1.82, 2.24) is 0 Å². The van der Waals surface area contributed by atoms with Crippen LogP contribution in [0.4, 0.5) is 0 Å². The molecular weight excluding hydrogens is 665 g/mol. The Labute approximate surface area is 339 Å². The molecule has 2 N–H and O–H groups in total. The van der Waals surface area contributed by atoms with E-state index in [-0.39, 0.29) is 5.92 Å². The zero-order chi connectivity index (χ0) is 39.6. The quantitative estimate of drug-likeness (QED) is 0.0606. The van der Waals surface area contributed by atoms with Gasteiger partial charge in [-0.15, -0.1) is 0 Å². The Morgan fingerprint density at radius 1 is 0.333 bits per heavy atom. The van der Waals surface area contributed by atoms with Crippen LogP contribution in [0.15, 0.2) is 0 Å². The van der Waals surface area contributed by atoms with Crippen LogP contribution in [-0.2, 0) is 9.59 Å². The lowest BCUT2D eigenvalue weighted by Crippen LogP contribution is -2.24. The third-order valence-corrected chi connectivity index (χ3v) is 12.6. The second-order valence-corrected chi connectivity index (χ2v) is 17.8. The van der Waals surface area contributed by atoms with Crippen molar-refractivity contribution >= 4 is 11.9 Å². The molecule has 0 aliphatic carbocycles. The molecule has 54 heavy (non-hydrogen) atoms. The van der Waals surface area contributed by atoms with Gasteiger partial charge >= 0.3 is 11.9 Å². The largest absolute Gasteiger partial charge is 0.481 e. The van der Waals surface area contributed by atoms with Crippen LogP contribution < -0.4 is 0 Å². The molecule has 0 amide bonds. The molecule has 3 unspecified atom stereocenters. The maximum atomic E-state index is 12.7. The number of unbranched alkanes of at least 4 members (excludes halogenated alkanes) is 32. The minimum absolute atomic E-state index is 0.157. The van der Waals surface area contributed by atoms with Crippen molar-refractivity contribution in [2.45, 2.75) is 290 Å². The van der Waals surface area contributed by atoms with Crippen LogP contribution >= 0.6 is 0 Å². The summed E-state index contributed by atoms with van der Waals surface area (Å²) in [4.78, 5) is 23.3. The zero-order valence-corrected chi connectivity index (χ0v) is 37.1. The third kappa shape index (κ3) is 37.8. The molecule has 3 atom stereocenters. The molecule has 0 bridgehead atoms. The molecule has 0 spiro atoms. The summed E-state index contributed by atoms with van der Waals surface area (Å²) in [6, 6.07) is 0. The maximum Gasteiger partial charge on any atom is 0.306 e. The molecule has 0 saturated carbocycles. The van der Waals surface area contributed by atoms with Crippen LogP contribution in [0.2, 0.25) is 0 Å².